The van der Waals surface area contributed by atoms with Crippen LogP contribution in [0.2, 0.25) is 0 Å². The van der Waals surface area contributed by atoms with E-state index in [1.54, 1.807) is 36.1 Å². The Morgan fingerprint density at radius 2 is 1.88 bits per heavy atom. The van der Waals surface area contributed by atoms with E-state index in [9.17, 15) is 4.79 Å². The second kappa shape index (κ2) is 9.40. The number of hydrogen-bond acceptors (Lipinski definition) is 8. The number of benzene rings is 2. The summed E-state index contributed by atoms with van der Waals surface area (Å²) in [5.74, 6) is 2.31. The Morgan fingerprint density at radius 1 is 1.00 bits per heavy atom. The lowest BCUT2D eigenvalue weighted by molar-refractivity contribution is 0.112. The zero-order valence-corrected chi connectivity index (χ0v) is 19.3. The van der Waals surface area contributed by atoms with E-state index < -0.39 is 0 Å². The monoisotopic (exact) mass is 473 g/mol. The Hall–Kier alpha value is -3.75. The first-order valence-corrected chi connectivity index (χ1v) is 11.8. The van der Waals surface area contributed by atoms with Gasteiger partial charge in [0.15, 0.2) is 12.1 Å². The van der Waals surface area contributed by atoms with E-state index in [2.05, 4.69) is 15.3 Å². The predicted octanol–water partition coefficient (Wildman–Crippen LogP) is 6.56. The lowest BCUT2D eigenvalue weighted by Crippen LogP contribution is -1.97. The maximum Gasteiger partial charge on any atom is 0.151 e. The minimum atomic E-state index is 0.461. The van der Waals surface area contributed by atoms with Gasteiger partial charge in [0.1, 0.15) is 24.4 Å². The molecule has 0 aliphatic carbocycles. The molecule has 0 aliphatic rings. The van der Waals surface area contributed by atoms with Crippen molar-refractivity contribution < 1.29 is 14.3 Å². The van der Waals surface area contributed by atoms with Crippen molar-refractivity contribution in [3.63, 3.8) is 0 Å². The number of ether oxygens (including phenoxy) is 2. The Balaban J connectivity index is 1.34. The summed E-state index contributed by atoms with van der Waals surface area (Å²) >= 11 is 3.15. The number of thiophene rings is 2. The number of anilines is 2. The molecule has 0 saturated heterocycles. The van der Waals surface area contributed by atoms with Crippen molar-refractivity contribution in [1.82, 2.24) is 9.97 Å². The Kier molecular flexibility index (Phi) is 6.01. The van der Waals surface area contributed by atoms with Gasteiger partial charge in [-0.25, -0.2) is 9.97 Å². The number of nitrogens with zero attached hydrogens (tertiary/aromatic N) is 2. The molecule has 0 unspecified atom stereocenters. The number of aromatic nitrogens is 2. The van der Waals surface area contributed by atoms with E-state index >= 15 is 0 Å². The van der Waals surface area contributed by atoms with Crippen LogP contribution in [0.1, 0.15) is 15.9 Å². The topological polar surface area (TPSA) is 73.3 Å². The van der Waals surface area contributed by atoms with E-state index in [0.717, 1.165) is 54.8 Å². The van der Waals surface area contributed by atoms with E-state index in [-0.39, 0.29) is 0 Å². The molecule has 0 fully saturated rings. The average Bonchev–Trinajstić information content (AvgIpc) is 3.51. The van der Waals surface area contributed by atoms with Gasteiger partial charge in [0.05, 0.1) is 17.3 Å². The largest absolute Gasteiger partial charge is 0.497 e. The van der Waals surface area contributed by atoms with Crippen molar-refractivity contribution in [2.75, 3.05) is 12.4 Å². The molecular formula is C25H19N3O3S2. The van der Waals surface area contributed by atoms with Gasteiger partial charge in [-0.05, 0) is 42.0 Å². The van der Waals surface area contributed by atoms with Crippen LogP contribution < -0.4 is 14.8 Å². The third kappa shape index (κ3) is 4.72. The first-order valence-electron chi connectivity index (χ1n) is 10.1. The second-order valence-electron chi connectivity index (χ2n) is 7.20. The minimum Gasteiger partial charge on any atom is -0.497 e. The van der Waals surface area contributed by atoms with Gasteiger partial charge in [0.25, 0.3) is 0 Å². The summed E-state index contributed by atoms with van der Waals surface area (Å²) in [6.07, 6.45) is 2.42. The van der Waals surface area contributed by atoms with Crippen molar-refractivity contribution in [1.29, 1.82) is 0 Å². The number of methoxy groups -OCH3 is 1. The SMILES string of the molecule is COc1ccc(COc2cccc(Nc3ncnc4cc(-c5cc(C=O)cs5)sc34)c2)cc1. The molecular weight excluding hydrogens is 454 g/mol. The molecule has 33 heavy (non-hydrogen) atoms. The van der Waals surface area contributed by atoms with E-state index in [1.165, 1.54) is 0 Å². The molecule has 0 atom stereocenters. The fourth-order valence-electron chi connectivity index (χ4n) is 3.30. The van der Waals surface area contributed by atoms with Gasteiger partial charge in [0.2, 0.25) is 0 Å². The Bertz CT molecular complexity index is 1410. The van der Waals surface area contributed by atoms with Crippen LogP contribution in [0.5, 0.6) is 11.5 Å². The first kappa shape index (κ1) is 21.1. The van der Waals surface area contributed by atoms with Crippen molar-refractivity contribution in [3.05, 3.63) is 83.5 Å². The molecule has 1 N–H and O–H groups in total. The number of carbonyl (C=O) groups excluding carboxylic acids is 1. The van der Waals surface area contributed by atoms with Gasteiger partial charge in [-0.1, -0.05) is 18.2 Å². The lowest BCUT2D eigenvalue weighted by atomic mass is 10.2. The molecule has 3 heterocycles. The van der Waals surface area contributed by atoms with Crippen LogP contribution in [0, 0.1) is 0 Å². The third-order valence-electron chi connectivity index (χ3n) is 4.97. The van der Waals surface area contributed by atoms with Crippen LogP contribution in [0.4, 0.5) is 11.5 Å². The molecule has 164 valence electrons. The fraction of sp³-hybridized carbons (Fsp3) is 0.0800. The van der Waals surface area contributed by atoms with E-state index in [4.69, 9.17) is 9.47 Å². The highest BCUT2D eigenvalue weighted by atomic mass is 32.1. The van der Waals surface area contributed by atoms with Gasteiger partial charge in [-0.3, -0.25) is 4.79 Å². The predicted molar refractivity (Wildman–Crippen MR) is 133 cm³/mol. The van der Waals surface area contributed by atoms with Crippen LogP contribution >= 0.6 is 22.7 Å². The van der Waals surface area contributed by atoms with Crippen molar-refractivity contribution in [2.45, 2.75) is 6.61 Å². The molecule has 0 bridgehead atoms. The number of rotatable bonds is 8. The molecule has 5 aromatic rings. The minimum absolute atomic E-state index is 0.461. The zero-order chi connectivity index (χ0) is 22.6. The quantitative estimate of drug-likeness (QED) is 0.257. The number of aldehydes is 1. The highest BCUT2D eigenvalue weighted by molar-refractivity contribution is 7.26. The molecule has 2 aromatic carbocycles. The molecule has 0 amide bonds. The van der Waals surface area contributed by atoms with Crippen LogP contribution in [-0.4, -0.2) is 23.4 Å². The summed E-state index contributed by atoms with van der Waals surface area (Å²) in [5.41, 5.74) is 3.48. The molecule has 8 heteroatoms. The molecule has 3 aromatic heterocycles. The first-order chi connectivity index (χ1) is 16.2. The second-order valence-corrected chi connectivity index (χ2v) is 9.16. The van der Waals surface area contributed by atoms with Crippen LogP contribution in [0.3, 0.4) is 0 Å². The standard InChI is InChI=1S/C25H19N3O3S2/c1-30-19-7-5-16(6-8-19)13-31-20-4-2-3-18(10-20)28-25-24-21(26-15-27-25)11-23(33-24)22-9-17(12-29)14-32-22/h2-12,14-15H,13H2,1H3,(H,26,27,28). The molecule has 0 saturated carbocycles. The normalized spacial score (nSPS) is 10.8. The zero-order valence-electron chi connectivity index (χ0n) is 17.6. The fourth-order valence-corrected chi connectivity index (χ4v) is 5.30. The van der Waals surface area contributed by atoms with E-state index in [1.807, 2.05) is 66.0 Å². The number of fused-ring (bicyclic) bond motifs is 1. The summed E-state index contributed by atoms with van der Waals surface area (Å²) in [6, 6.07) is 19.5. The van der Waals surface area contributed by atoms with Crippen LogP contribution in [0.25, 0.3) is 20.0 Å². The highest BCUT2D eigenvalue weighted by Crippen LogP contribution is 2.39. The van der Waals surface area contributed by atoms with Crippen LogP contribution in [0.15, 0.2) is 72.4 Å². The van der Waals surface area contributed by atoms with Crippen molar-refractivity contribution in [2.24, 2.45) is 0 Å². The van der Waals surface area contributed by atoms with Gasteiger partial charge in [-0.2, -0.15) is 0 Å². The lowest BCUT2D eigenvalue weighted by Gasteiger charge is -2.10. The Labute approximate surface area is 198 Å². The van der Waals surface area contributed by atoms with Gasteiger partial charge in [0, 0.05) is 32.5 Å². The summed E-state index contributed by atoms with van der Waals surface area (Å²) < 4.78 is 12.1. The van der Waals surface area contributed by atoms with Gasteiger partial charge in [-0.15, -0.1) is 22.7 Å². The van der Waals surface area contributed by atoms with Gasteiger partial charge >= 0.3 is 0 Å². The smallest absolute Gasteiger partial charge is 0.151 e. The van der Waals surface area contributed by atoms with Crippen molar-refractivity contribution >= 4 is 50.7 Å². The summed E-state index contributed by atoms with van der Waals surface area (Å²) in [4.78, 5) is 22.0. The maximum atomic E-state index is 11.0. The highest BCUT2D eigenvalue weighted by Gasteiger charge is 2.12. The summed E-state index contributed by atoms with van der Waals surface area (Å²) in [6.45, 7) is 0.461. The molecule has 5 rings (SSSR count). The van der Waals surface area contributed by atoms with Crippen molar-refractivity contribution in [3.8, 4) is 21.3 Å². The number of hydrogen-bond donors (Lipinski definition) is 1. The molecule has 0 aliphatic heterocycles. The summed E-state index contributed by atoms with van der Waals surface area (Å²) in [5, 5.41) is 5.25. The Morgan fingerprint density at radius 3 is 2.67 bits per heavy atom. The third-order valence-corrected chi connectivity index (χ3v) is 7.25. The van der Waals surface area contributed by atoms with E-state index in [0.29, 0.717) is 12.2 Å². The number of nitrogens with one attached hydrogen (secondary N) is 1. The maximum absolute atomic E-state index is 11.0. The van der Waals surface area contributed by atoms with Crippen LogP contribution in [-0.2, 0) is 6.61 Å². The summed E-state index contributed by atoms with van der Waals surface area (Å²) in [7, 11) is 1.65. The molecule has 6 nitrogen and oxygen atoms in total. The molecule has 0 radical (unpaired) electrons. The molecule has 0 spiro atoms. The average molecular weight is 474 g/mol. The number of carbonyl (C=O) groups is 1. The van der Waals surface area contributed by atoms with Gasteiger partial charge < -0.3 is 14.8 Å².